The third-order valence-corrected chi connectivity index (χ3v) is 6.82. The van der Waals surface area contributed by atoms with Crippen molar-refractivity contribution in [2.45, 2.75) is 39.7 Å². The number of hydrogen-bond acceptors (Lipinski definition) is 4. The zero-order chi connectivity index (χ0) is 14.3. The lowest BCUT2D eigenvalue weighted by molar-refractivity contribution is 0.289. The fraction of sp³-hybridized carbons (Fsp3) is 0.714. The van der Waals surface area contributed by atoms with Gasteiger partial charge in [0, 0.05) is 29.4 Å². The highest BCUT2D eigenvalue weighted by Gasteiger charge is 2.23. The number of thiophene rings is 1. The third-order valence-electron chi connectivity index (χ3n) is 3.56. The molecule has 2 heterocycles. The maximum atomic E-state index is 11.4. The molecule has 1 fully saturated rings. The van der Waals surface area contributed by atoms with Crippen LogP contribution in [0.15, 0.2) is 6.07 Å². The van der Waals surface area contributed by atoms with E-state index in [2.05, 4.69) is 38.7 Å². The molecule has 0 radical (unpaired) electrons. The van der Waals surface area contributed by atoms with Gasteiger partial charge >= 0.3 is 0 Å². The molecule has 0 amide bonds. The minimum Gasteiger partial charge on any atom is -0.296 e. The topological polar surface area (TPSA) is 37.4 Å². The van der Waals surface area contributed by atoms with Crippen molar-refractivity contribution >= 4 is 21.2 Å². The summed E-state index contributed by atoms with van der Waals surface area (Å²) in [4.78, 5) is 5.04. The van der Waals surface area contributed by atoms with E-state index in [9.17, 15) is 8.42 Å². The Bertz CT molecular complexity index is 538. The largest absolute Gasteiger partial charge is 0.296 e. The first-order chi connectivity index (χ1) is 8.67. The maximum Gasteiger partial charge on any atom is 0.152 e. The van der Waals surface area contributed by atoms with Crippen molar-refractivity contribution in [2.24, 2.45) is 0 Å². The van der Waals surface area contributed by atoms with Crippen molar-refractivity contribution in [3.8, 4) is 0 Å². The number of sulfone groups is 1. The van der Waals surface area contributed by atoms with Crippen LogP contribution in [-0.2, 0) is 21.8 Å². The van der Waals surface area contributed by atoms with Gasteiger partial charge in [-0.3, -0.25) is 4.90 Å². The molecule has 3 nitrogen and oxygen atoms in total. The van der Waals surface area contributed by atoms with E-state index in [1.807, 2.05) is 11.3 Å². The molecule has 5 heteroatoms. The van der Waals surface area contributed by atoms with Gasteiger partial charge in [0.1, 0.15) is 0 Å². The summed E-state index contributed by atoms with van der Waals surface area (Å²) in [5.74, 6) is 0.618. The predicted octanol–water partition coefficient (Wildman–Crippen LogP) is 2.58. The van der Waals surface area contributed by atoms with Crippen LogP contribution < -0.4 is 0 Å². The molecule has 0 atom stereocenters. The van der Waals surface area contributed by atoms with E-state index in [1.165, 1.54) is 15.3 Å². The number of hydrogen-bond donors (Lipinski definition) is 0. The highest BCUT2D eigenvalue weighted by molar-refractivity contribution is 7.91. The maximum absolute atomic E-state index is 11.4. The molecule has 0 aromatic carbocycles. The number of rotatable bonds is 2. The van der Waals surface area contributed by atoms with Crippen LogP contribution in [0.1, 0.15) is 36.1 Å². The number of aryl methyl sites for hydroxylation is 1. The minimum atomic E-state index is -2.77. The SMILES string of the molecule is Cc1cc(C(C)(C)C)sc1CN1CCS(=O)(=O)CC1. The summed E-state index contributed by atoms with van der Waals surface area (Å²) in [6.07, 6.45) is 0. The van der Waals surface area contributed by atoms with Gasteiger partial charge in [-0.1, -0.05) is 20.8 Å². The van der Waals surface area contributed by atoms with Crippen LogP contribution in [0.4, 0.5) is 0 Å². The van der Waals surface area contributed by atoms with E-state index in [1.54, 1.807) is 0 Å². The molecular weight excluding hydrogens is 278 g/mol. The van der Waals surface area contributed by atoms with Crippen LogP contribution in [-0.4, -0.2) is 37.9 Å². The van der Waals surface area contributed by atoms with Gasteiger partial charge in [-0.15, -0.1) is 11.3 Å². The smallest absolute Gasteiger partial charge is 0.152 e. The van der Waals surface area contributed by atoms with Gasteiger partial charge in [-0.25, -0.2) is 8.42 Å². The van der Waals surface area contributed by atoms with E-state index in [-0.39, 0.29) is 5.41 Å². The van der Waals surface area contributed by atoms with Crippen molar-refractivity contribution < 1.29 is 8.42 Å². The molecule has 1 aliphatic heterocycles. The van der Waals surface area contributed by atoms with Gasteiger partial charge in [0.2, 0.25) is 0 Å². The van der Waals surface area contributed by atoms with Gasteiger partial charge in [0.25, 0.3) is 0 Å². The van der Waals surface area contributed by atoms with Crippen molar-refractivity contribution in [3.05, 3.63) is 21.4 Å². The lowest BCUT2D eigenvalue weighted by Crippen LogP contribution is -2.39. The summed E-state index contributed by atoms with van der Waals surface area (Å²) in [5.41, 5.74) is 1.53. The molecule has 1 aromatic heterocycles. The standard InChI is InChI=1S/C14H23NO2S2/c1-11-9-13(14(2,3)4)18-12(11)10-15-5-7-19(16,17)8-6-15/h9H,5-8,10H2,1-4H3. The second-order valence-electron chi connectivity index (χ2n) is 6.39. The summed E-state index contributed by atoms with van der Waals surface area (Å²) in [6.45, 7) is 11.1. The fourth-order valence-corrected chi connectivity index (χ4v) is 4.71. The monoisotopic (exact) mass is 301 g/mol. The summed E-state index contributed by atoms with van der Waals surface area (Å²) in [7, 11) is -2.77. The van der Waals surface area contributed by atoms with Crippen LogP contribution >= 0.6 is 11.3 Å². The Morgan fingerprint density at radius 3 is 2.32 bits per heavy atom. The first kappa shape index (κ1) is 15.0. The Morgan fingerprint density at radius 2 is 1.84 bits per heavy atom. The van der Waals surface area contributed by atoms with Crippen molar-refractivity contribution in [1.82, 2.24) is 4.90 Å². The van der Waals surface area contributed by atoms with E-state index in [0.717, 1.165) is 6.54 Å². The molecule has 0 bridgehead atoms. The predicted molar refractivity (Wildman–Crippen MR) is 81.7 cm³/mol. The lowest BCUT2D eigenvalue weighted by atomic mass is 9.94. The normalized spacial score (nSPS) is 20.6. The first-order valence-corrected chi connectivity index (χ1v) is 9.34. The average molecular weight is 301 g/mol. The molecular formula is C14H23NO2S2. The van der Waals surface area contributed by atoms with Crippen molar-refractivity contribution in [3.63, 3.8) is 0 Å². The van der Waals surface area contributed by atoms with Crippen LogP contribution in [0.5, 0.6) is 0 Å². The molecule has 0 aliphatic carbocycles. The summed E-state index contributed by atoms with van der Waals surface area (Å²) < 4.78 is 22.9. The lowest BCUT2D eigenvalue weighted by Gasteiger charge is -2.26. The Labute approximate surface area is 120 Å². The minimum absolute atomic E-state index is 0.193. The molecule has 108 valence electrons. The van der Waals surface area contributed by atoms with Gasteiger partial charge in [-0.05, 0) is 24.0 Å². The summed E-state index contributed by atoms with van der Waals surface area (Å²) >= 11 is 1.87. The van der Waals surface area contributed by atoms with E-state index >= 15 is 0 Å². The molecule has 2 rings (SSSR count). The Hall–Kier alpha value is -0.390. The summed E-state index contributed by atoms with van der Waals surface area (Å²) in [5, 5.41) is 0. The van der Waals surface area contributed by atoms with Gasteiger partial charge in [0.15, 0.2) is 9.84 Å². The second kappa shape index (κ2) is 5.19. The number of nitrogens with zero attached hydrogens (tertiary/aromatic N) is 1. The van der Waals surface area contributed by atoms with Crippen molar-refractivity contribution in [1.29, 1.82) is 0 Å². The zero-order valence-electron chi connectivity index (χ0n) is 12.2. The molecule has 0 N–H and O–H groups in total. The second-order valence-corrected chi connectivity index (χ2v) is 9.84. The summed E-state index contributed by atoms with van der Waals surface area (Å²) in [6, 6.07) is 2.28. The quantitative estimate of drug-likeness (QED) is 0.842. The van der Waals surface area contributed by atoms with E-state index in [0.29, 0.717) is 24.6 Å². The van der Waals surface area contributed by atoms with Crippen LogP contribution in [0.2, 0.25) is 0 Å². The third kappa shape index (κ3) is 3.80. The van der Waals surface area contributed by atoms with Gasteiger partial charge in [0.05, 0.1) is 11.5 Å². The van der Waals surface area contributed by atoms with Gasteiger partial charge < -0.3 is 0 Å². The molecule has 0 spiro atoms. The molecule has 1 saturated heterocycles. The van der Waals surface area contributed by atoms with Crippen LogP contribution in [0.25, 0.3) is 0 Å². The fourth-order valence-electron chi connectivity index (χ4n) is 2.16. The highest BCUT2D eigenvalue weighted by Crippen LogP contribution is 2.33. The van der Waals surface area contributed by atoms with Gasteiger partial charge in [-0.2, -0.15) is 0 Å². The van der Waals surface area contributed by atoms with E-state index in [4.69, 9.17) is 0 Å². The molecule has 0 unspecified atom stereocenters. The Morgan fingerprint density at radius 1 is 1.26 bits per heavy atom. The van der Waals surface area contributed by atoms with Crippen LogP contribution in [0.3, 0.4) is 0 Å². The Balaban J connectivity index is 2.06. The first-order valence-electron chi connectivity index (χ1n) is 6.70. The molecule has 0 saturated carbocycles. The Kier molecular flexibility index (Phi) is 4.10. The van der Waals surface area contributed by atoms with E-state index < -0.39 is 9.84 Å². The zero-order valence-corrected chi connectivity index (χ0v) is 13.8. The van der Waals surface area contributed by atoms with Crippen molar-refractivity contribution in [2.75, 3.05) is 24.6 Å². The average Bonchev–Trinajstić information content (AvgIpc) is 2.63. The van der Waals surface area contributed by atoms with Crippen LogP contribution in [0, 0.1) is 6.92 Å². The molecule has 1 aromatic rings. The molecule has 1 aliphatic rings. The molecule has 19 heavy (non-hydrogen) atoms. The highest BCUT2D eigenvalue weighted by atomic mass is 32.2.